The van der Waals surface area contributed by atoms with E-state index in [1.165, 1.54) is 0 Å². The molecular formula is C3H6NO2+. The number of nitrogens with zero attached hydrogens (tertiary/aromatic N) is 1. The van der Waals surface area contributed by atoms with Gasteiger partial charge in [-0.3, -0.25) is 0 Å². The third-order valence-corrected chi connectivity index (χ3v) is 0.756. The van der Waals surface area contributed by atoms with Crippen LogP contribution in [0.4, 0.5) is 0 Å². The molecular weight excluding hydrogens is 82.0 g/mol. The lowest BCUT2D eigenvalue weighted by Gasteiger charge is -1.65. The Bertz CT molecular complexity index is 87.0. The SMILES string of the molecule is O[N+](O)=C1CC1. The Morgan fingerprint density at radius 2 is 1.83 bits per heavy atom. The van der Waals surface area contributed by atoms with Gasteiger partial charge >= 0.3 is 0 Å². The molecule has 1 aliphatic carbocycles. The molecule has 0 aromatic carbocycles. The third kappa shape index (κ3) is 0.429. The molecule has 2 N–H and O–H groups in total. The molecule has 0 heterocycles. The largest absolute Gasteiger partial charge is 0.266 e. The maximum Gasteiger partial charge on any atom is 0.266 e. The Kier molecular flexibility index (Phi) is 0.498. The number of rotatable bonds is 0. The first kappa shape index (κ1) is 3.46. The van der Waals surface area contributed by atoms with Gasteiger partial charge in [0.2, 0.25) is 0 Å². The second-order valence-electron chi connectivity index (χ2n) is 1.36. The minimum Gasteiger partial charge on any atom is -0.245 e. The van der Waals surface area contributed by atoms with Gasteiger partial charge in [0.1, 0.15) is 0 Å². The molecule has 3 nitrogen and oxygen atoms in total. The molecule has 6 heavy (non-hydrogen) atoms. The van der Waals surface area contributed by atoms with Crippen molar-refractivity contribution < 1.29 is 15.3 Å². The van der Waals surface area contributed by atoms with E-state index >= 15 is 0 Å². The Morgan fingerprint density at radius 3 is 1.83 bits per heavy atom. The van der Waals surface area contributed by atoms with E-state index in [9.17, 15) is 0 Å². The first-order valence-electron chi connectivity index (χ1n) is 1.83. The van der Waals surface area contributed by atoms with Gasteiger partial charge in [-0.2, -0.15) is 0 Å². The average Bonchev–Trinajstić information content (AvgIpc) is 2.06. The molecule has 34 valence electrons. The zero-order valence-electron chi connectivity index (χ0n) is 3.26. The van der Waals surface area contributed by atoms with Gasteiger partial charge in [-0.05, 0) is 0 Å². The molecule has 0 unspecified atom stereocenters. The number of hydrogen-bond acceptors (Lipinski definition) is 2. The molecule has 1 saturated carbocycles. The molecule has 0 aromatic rings. The van der Waals surface area contributed by atoms with Crippen LogP contribution in [0.3, 0.4) is 0 Å². The van der Waals surface area contributed by atoms with Crippen LogP contribution in [0.15, 0.2) is 0 Å². The fraction of sp³-hybridized carbons (Fsp3) is 0.667. The highest BCUT2D eigenvalue weighted by molar-refractivity contribution is 5.93. The van der Waals surface area contributed by atoms with Crippen LogP contribution in [0.2, 0.25) is 0 Å². The first-order valence-corrected chi connectivity index (χ1v) is 1.83. The molecule has 0 spiro atoms. The van der Waals surface area contributed by atoms with E-state index in [0.29, 0.717) is 5.71 Å². The minimum atomic E-state index is 0.194. The maximum absolute atomic E-state index is 8.04. The van der Waals surface area contributed by atoms with E-state index in [-0.39, 0.29) is 4.90 Å². The molecule has 1 fully saturated rings. The van der Waals surface area contributed by atoms with Crippen molar-refractivity contribution in [2.75, 3.05) is 0 Å². The lowest BCUT2D eigenvalue weighted by molar-refractivity contribution is -0.954. The third-order valence-electron chi connectivity index (χ3n) is 0.756. The highest BCUT2D eigenvalue weighted by Crippen LogP contribution is 2.11. The molecule has 0 atom stereocenters. The molecule has 3 heteroatoms. The molecule has 1 rings (SSSR count). The van der Waals surface area contributed by atoms with Crippen LogP contribution in [-0.4, -0.2) is 21.0 Å². The maximum atomic E-state index is 8.04. The normalized spacial score (nSPS) is 17.7. The summed E-state index contributed by atoms with van der Waals surface area (Å²) in [5.74, 6) is 0. The first-order chi connectivity index (χ1) is 2.80. The monoisotopic (exact) mass is 88.0 g/mol. The van der Waals surface area contributed by atoms with E-state index < -0.39 is 0 Å². The smallest absolute Gasteiger partial charge is 0.245 e. The number of hydrogen-bond donors (Lipinski definition) is 2. The van der Waals surface area contributed by atoms with Crippen LogP contribution in [0, 0.1) is 0 Å². The molecule has 0 aliphatic heterocycles. The van der Waals surface area contributed by atoms with Crippen LogP contribution in [0.1, 0.15) is 12.8 Å². The van der Waals surface area contributed by atoms with Crippen molar-refractivity contribution in [1.82, 2.24) is 0 Å². The second kappa shape index (κ2) is 0.864. The van der Waals surface area contributed by atoms with E-state index in [2.05, 4.69) is 0 Å². The fourth-order valence-corrected chi connectivity index (χ4v) is 0.256. The van der Waals surface area contributed by atoms with Crippen molar-refractivity contribution in [3.8, 4) is 0 Å². The Hall–Kier alpha value is -0.730. The summed E-state index contributed by atoms with van der Waals surface area (Å²) in [6.45, 7) is 0. The van der Waals surface area contributed by atoms with Crippen molar-refractivity contribution in [3.63, 3.8) is 0 Å². The van der Waals surface area contributed by atoms with Gasteiger partial charge in [-0.15, -0.1) is 0 Å². The van der Waals surface area contributed by atoms with Crippen LogP contribution < -0.4 is 0 Å². The van der Waals surface area contributed by atoms with E-state index in [1.807, 2.05) is 0 Å². The van der Waals surface area contributed by atoms with Crippen molar-refractivity contribution >= 4 is 5.71 Å². The summed E-state index contributed by atoms with van der Waals surface area (Å²) >= 11 is 0. The second-order valence-corrected chi connectivity index (χ2v) is 1.36. The molecule has 1 aliphatic rings. The summed E-state index contributed by atoms with van der Waals surface area (Å²) in [4.78, 5) is 0.194. The summed E-state index contributed by atoms with van der Waals surface area (Å²) in [7, 11) is 0. The summed E-state index contributed by atoms with van der Waals surface area (Å²) in [5, 5.41) is 16.1. The molecule has 0 saturated heterocycles. The molecule has 0 aromatic heterocycles. The van der Waals surface area contributed by atoms with Gasteiger partial charge in [-0.1, -0.05) is 0 Å². The van der Waals surface area contributed by atoms with Gasteiger partial charge in [0, 0.05) is 12.8 Å². The predicted molar refractivity (Wildman–Crippen MR) is 18.1 cm³/mol. The standard InChI is InChI=1S/C3H6NO2/c5-4(6)3-1-2-3/h5-6H,1-2H2/q+1. The van der Waals surface area contributed by atoms with Crippen LogP contribution in [0.5, 0.6) is 0 Å². The Labute approximate surface area is 35.1 Å². The molecule has 0 radical (unpaired) electrons. The van der Waals surface area contributed by atoms with Gasteiger partial charge in [0.15, 0.2) is 4.90 Å². The van der Waals surface area contributed by atoms with E-state index in [0.717, 1.165) is 12.8 Å². The van der Waals surface area contributed by atoms with E-state index in [4.69, 9.17) is 10.4 Å². The highest BCUT2D eigenvalue weighted by atomic mass is 16.8. The summed E-state index contributed by atoms with van der Waals surface area (Å²) in [5.41, 5.74) is 0.704. The van der Waals surface area contributed by atoms with Crippen LogP contribution in [0.25, 0.3) is 0 Å². The zero-order chi connectivity index (χ0) is 4.57. The predicted octanol–water partition coefficient (Wildman–Crippen LogP) is 0.0121. The van der Waals surface area contributed by atoms with Crippen LogP contribution in [-0.2, 0) is 0 Å². The molecule has 0 amide bonds. The van der Waals surface area contributed by atoms with Crippen molar-refractivity contribution in [2.24, 2.45) is 0 Å². The van der Waals surface area contributed by atoms with E-state index in [1.54, 1.807) is 0 Å². The summed E-state index contributed by atoms with van der Waals surface area (Å²) in [6, 6.07) is 0. The van der Waals surface area contributed by atoms with Gasteiger partial charge in [-0.25, -0.2) is 10.4 Å². The van der Waals surface area contributed by atoms with Crippen molar-refractivity contribution in [2.45, 2.75) is 12.8 Å². The lowest BCUT2D eigenvalue weighted by atomic mass is 10.9. The lowest BCUT2D eigenvalue weighted by Crippen LogP contribution is -1.99. The minimum absolute atomic E-state index is 0.194. The summed E-state index contributed by atoms with van der Waals surface area (Å²) in [6.07, 6.45) is 1.68. The topological polar surface area (TPSA) is 43.5 Å². The Balaban J connectivity index is 2.61. The quantitative estimate of drug-likeness (QED) is 0.323. The van der Waals surface area contributed by atoms with Crippen molar-refractivity contribution in [1.29, 1.82) is 0 Å². The zero-order valence-corrected chi connectivity index (χ0v) is 3.26. The summed E-state index contributed by atoms with van der Waals surface area (Å²) < 4.78 is 0. The van der Waals surface area contributed by atoms with Crippen molar-refractivity contribution in [3.05, 3.63) is 0 Å². The average molecular weight is 88.1 g/mol. The Morgan fingerprint density at radius 1 is 1.33 bits per heavy atom. The van der Waals surface area contributed by atoms with Gasteiger partial charge < -0.3 is 0 Å². The fourth-order valence-electron chi connectivity index (χ4n) is 0.256. The van der Waals surface area contributed by atoms with Gasteiger partial charge in [0.05, 0.1) is 0 Å². The van der Waals surface area contributed by atoms with Gasteiger partial charge in [0.25, 0.3) is 5.71 Å². The molecule has 0 bridgehead atoms. The van der Waals surface area contributed by atoms with Crippen LogP contribution >= 0.6 is 0 Å². The highest BCUT2D eigenvalue weighted by Gasteiger charge is 2.28.